The summed E-state index contributed by atoms with van der Waals surface area (Å²) in [6, 6.07) is 5.79. The van der Waals surface area contributed by atoms with E-state index >= 15 is 0 Å². The third kappa shape index (κ3) is 6.29. The van der Waals surface area contributed by atoms with Crippen LogP contribution in [0.3, 0.4) is 0 Å². The lowest BCUT2D eigenvalue weighted by Crippen LogP contribution is -2.21. The molecule has 1 fully saturated rings. The van der Waals surface area contributed by atoms with Gasteiger partial charge in [-0.3, -0.25) is 9.59 Å². The molecule has 1 saturated carbocycles. The van der Waals surface area contributed by atoms with Gasteiger partial charge in [0.15, 0.2) is 0 Å². The van der Waals surface area contributed by atoms with Crippen LogP contribution in [0.1, 0.15) is 31.2 Å². The van der Waals surface area contributed by atoms with Crippen LogP contribution < -0.4 is 4.74 Å². The van der Waals surface area contributed by atoms with Crippen LogP contribution in [0.2, 0.25) is 0 Å². The first kappa shape index (κ1) is 17.0. The summed E-state index contributed by atoms with van der Waals surface area (Å²) in [4.78, 5) is 20.0. The van der Waals surface area contributed by atoms with Crippen molar-refractivity contribution in [3.8, 4) is 5.75 Å². The Labute approximate surface area is 119 Å². The van der Waals surface area contributed by atoms with E-state index in [0.29, 0.717) is 25.9 Å². The average molecular weight is 304 g/mol. The van der Waals surface area contributed by atoms with E-state index in [0.717, 1.165) is 5.56 Å². The van der Waals surface area contributed by atoms with Crippen molar-refractivity contribution in [2.45, 2.75) is 32.0 Å². The highest BCUT2D eigenvalue weighted by molar-refractivity contribution is 5.86. The largest absolute Gasteiger partial charge is 0.573 e. The number of carbonyl (C=O) groups excluding carboxylic acids is 2. The lowest BCUT2D eigenvalue weighted by Gasteiger charge is -2.24. The summed E-state index contributed by atoms with van der Waals surface area (Å²) in [7, 11) is 0. The summed E-state index contributed by atoms with van der Waals surface area (Å²) in [6.45, 7) is 2.66. The monoisotopic (exact) mass is 304 g/mol. The predicted molar refractivity (Wildman–Crippen MR) is 67.8 cm³/mol. The van der Waals surface area contributed by atoms with E-state index in [4.69, 9.17) is 0 Å². The van der Waals surface area contributed by atoms with Gasteiger partial charge in [0.1, 0.15) is 11.5 Å². The summed E-state index contributed by atoms with van der Waals surface area (Å²) in [5, 5.41) is 0. The van der Waals surface area contributed by atoms with Crippen LogP contribution in [0.25, 0.3) is 0 Å². The first-order chi connectivity index (χ1) is 9.85. The first-order valence-electron chi connectivity index (χ1n) is 6.28. The number of hydrogen-bond donors (Lipinski definition) is 0. The highest BCUT2D eigenvalue weighted by Gasteiger charge is 2.32. The summed E-state index contributed by atoms with van der Waals surface area (Å²) in [6.07, 6.45) is -3.85. The molecule has 116 valence electrons. The van der Waals surface area contributed by atoms with Crippen LogP contribution in [-0.2, 0) is 14.3 Å². The van der Waals surface area contributed by atoms with Crippen LogP contribution in [0.15, 0.2) is 24.3 Å². The zero-order valence-corrected chi connectivity index (χ0v) is 11.4. The minimum Gasteiger partial charge on any atom is -0.468 e. The van der Waals surface area contributed by atoms with Gasteiger partial charge in [-0.1, -0.05) is 12.1 Å². The number of Topliss-reactive ketones (excluding diaryl/α,β-unsaturated/α-hetero) is 1. The SMILES string of the molecule is CCOC=O.O=C1CC(c2cccc(OC(F)(F)F)c2)C1. The van der Waals surface area contributed by atoms with Gasteiger partial charge in [0.05, 0.1) is 6.61 Å². The number of benzene rings is 1. The maximum Gasteiger partial charge on any atom is 0.573 e. The Hall–Kier alpha value is -2.05. The highest BCUT2D eigenvalue weighted by Crippen LogP contribution is 2.35. The Balaban J connectivity index is 0.000000383. The van der Waals surface area contributed by atoms with Crippen LogP contribution in [0, 0.1) is 0 Å². The Morgan fingerprint density at radius 1 is 1.33 bits per heavy atom. The molecule has 0 aliphatic heterocycles. The van der Waals surface area contributed by atoms with Gasteiger partial charge in [-0.15, -0.1) is 13.2 Å². The zero-order valence-electron chi connectivity index (χ0n) is 11.4. The Kier molecular flexibility index (Phi) is 6.20. The summed E-state index contributed by atoms with van der Waals surface area (Å²) in [5.74, 6) is -0.0409. The molecule has 7 heteroatoms. The van der Waals surface area contributed by atoms with Gasteiger partial charge in [0.25, 0.3) is 6.47 Å². The molecule has 0 amide bonds. The minimum atomic E-state index is -4.67. The second-order valence-corrected chi connectivity index (χ2v) is 4.32. The molecule has 1 aliphatic carbocycles. The van der Waals surface area contributed by atoms with Crippen molar-refractivity contribution in [1.29, 1.82) is 0 Å². The first-order valence-corrected chi connectivity index (χ1v) is 6.28. The van der Waals surface area contributed by atoms with E-state index in [2.05, 4.69) is 9.47 Å². The molecule has 0 radical (unpaired) electrons. The molecule has 0 spiro atoms. The lowest BCUT2D eigenvalue weighted by atomic mass is 9.79. The van der Waals surface area contributed by atoms with Crippen molar-refractivity contribution >= 4 is 12.3 Å². The minimum absolute atomic E-state index is 0.0456. The fraction of sp³-hybridized carbons (Fsp3) is 0.429. The molecule has 1 aromatic carbocycles. The van der Waals surface area contributed by atoms with E-state index in [1.165, 1.54) is 18.2 Å². The quantitative estimate of drug-likeness (QED) is 0.802. The fourth-order valence-electron chi connectivity index (χ4n) is 1.76. The van der Waals surface area contributed by atoms with E-state index < -0.39 is 6.36 Å². The third-order valence-electron chi connectivity index (χ3n) is 2.75. The van der Waals surface area contributed by atoms with Crippen molar-refractivity contribution < 1.29 is 32.2 Å². The maximum atomic E-state index is 12.0. The van der Waals surface area contributed by atoms with Crippen LogP contribution in [0.5, 0.6) is 5.75 Å². The van der Waals surface area contributed by atoms with E-state index in [1.54, 1.807) is 13.0 Å². The normalized spacial score (nSPS) is 14.6. The predicted octanol–water partition coefficient (Wildman–Crippen LogP) is 3.21. The van der Waals surface area contributed by atoms with Gasteiger partial charge in [0.2, 0.25) is 0 Å². The summed E-state index contributed by atoms with van der Waals surface area (Å²) >= 11 is 0. The molecular formula is C14H15F3O4. The van der Waals surface area contributed by atoms with E-state index in [-0.39, 0.29) is 17.5 Å². The zero-order chi connectivity index (χ0) is 15.9. The fourth-order valence-corrected chi connectivity index (χ4v) is 1.76. The summed E-state index contributed by atoms with van der Waals surface area (Å²) < 4.78 is 43.8. The Bertz CT molecular complexity index is 477. The molecule has 0 N–H and O–H groups in total. The number of ether oxygens (including phenoxy) is 2. The van der Waals surface area contributed by atoms with Crippen molar-refractivity contribution in [1.82, 2.24) is 0 Å². The molecule has 0 heterocycles. The standard InChI is InChI=1S/C11H9F3O2.C3H6O2/c12-11(13,14)16-10-3-1-2-7(6-10)8-4-9(15)5-8;1-2-5-3-4/h1-3,6,8H,4-5H2;3H,2H2,1H3. The lowest BCUT2D eigenvalue weighted by molar-refractivity contribution is -0.274. The molecule has 2 rings (SSSR count). The van der Waals surface area contributed by atoms with Crippen molar-refractivity contribution in [3.63, 3.8) is 0 Å². The van der Waals surface area contributed by atoms with E-state index in [9.17, 15) is 22.8 Å². The number of ketones is 1. The van der Waals surface area contributed by atoms with Gasteiger partial charge >= 0.3 is 6.36 Å². The molecule has 1 aliphatic rings. The number of carbonyl (C=O) groups is 2. The molecule has 0 unspecified atom stereocenters. The number of halogens is 3. The van der Waals surface area contributed by atoms with Crippen molar-refractivity contribution in [2.24, 2.45) is 0 Å². The average Bonchev–Trinajstić information content (AvgIpc) is 2.35. The second kappa shape index (κ2) is 7.66. The van der Waals surface area contributed by atoms with Crippen LogP contribution >= 0.6 is 0 Å². The number of alkyl halides is 3. The second-order valence-electron chi connectivity index (χ2n) is 4.32. The van der Waals surface area contributed by atoms with Gasteiger partial charge < -0.3 is 9.47 Å². The topological polar surface area (TPSA) is 52.6 Å². The molecular weight excluding hydrogens is 289 g/mol. The Morgan fingerprint density at radius 3 is 2.43 bits per heavy atom. The molecule has 4 nitrogen and oxygen atoms in total. The Morgan fingerprint density at radius 2 is 2.00 bits per heavy atom. The van der Waals surface area contributed by atoms with Crippen molar-refractivity contribution in [3.05, 3.63) is 29.8 Å². The van der Waals surface area contributed by atoms with Crippen LogP contribution in [-0.4, -0.2) is 25.2 Å². The molecule has 0 aromatic heterocycles. The molecule has 0 saturated heterocycles. The molecule has 0 atom stereocenters. The van der Waals surface area contributed by atoms with Gasteiger partial charge in [0, 0.05) is 12.8 Å². The molecule has 1 aromatic rings. The smallest absolute Gasteiger partial charge is 0.468 e. The third-order valence-corrected chi connectivity index (χ3v) is 2.75. The molecule has 21 heavy (non-hydrogen) atoms. The number of rotatable bonds is 4. The van der Waals surface area contributed by atoms with E-state index in [1.807, 2.05) is 0 Å². The maximum absolute atomic E-state index is 12.0. The van der Waals surface area contributed by atoms with Gasteiger partial charge in [-0.05, 0) is 30.5 Å². The molecule has 0 bridgehead atoms. The van der Waals surface area contributed by atoms with Gasteiger partial charge in [-0.2, -0.15) is 0 Å². The highest BCUT2D eigenvalue weighted by atomic mass is 19.4. The number of hydrogen-bond acceptors (Lipinski definition) is 4. The van der Waals surface area contributed by atoms with Crippen LogP contribution in [0.4, 0.5) is 13.2 Å². The van der Waals surface area contributed by atoms with Crippen molar-refractivity contribution in [2.75, 3.05) is 6.61 Å². The van der Waals surface area contributed by atoms with Gasteiger partial charge in [-0.25, -0.2) is 0 Å². The summed E-state index contributed by atoms with van der Waals surface area (Å²) in [5.41, 5.74) is 0.723.